The lowest BCUT2D eigenvalue weighted by atomic mass is 9.95. The molecule has 0 aromatic heterocycles. The third-order valence-electron chi connectivity index (χ3n) is 2.35. The molecule has 0 saturated carbocycles. The maximum atomic E-state index is 12.9. The largest absolute Gasteiger partial charge is 0.481 e. The SMILES string of the molecule is CC(C)C(C=Cc1cccc(F)c1)C(=O)O. The average molecular weight is 222 g/mol. The van der Waals surface area contributed by atoms with E-state index in [9.17, 15) is 9.18 Å². The van der Waals surface area contributed by atoms with Gasteiger partial charge in [0.1, 0.15) is 5.82 Å². The topological polar surface area (TPSA) is 37.3 Å². The monoisotopic (exact) mass is 222 g/mol. The second-order valence-electron chi connectivity index (χ2n) is 4.02. The van der Waals surface area contributed by atoms with Gasteiger partial charge in [0.25, 0.3) is 0 Å². The van der Waals surface area contributed by atoms with Gasteiger partial charge in [-0.3, -0.25) is 4.79 Å². The molecule has 0 bridgehead atoms. The predicted octanol–water partition coefficient (Wildman–Crippen LogP) is 3.20. The van der Waals surface area contributed by atoms with Crippen LogP contribution < -0.4 is 0 Å². The standard InChI is InChI=1S/C13H15FO2/c1-9(2)12(13(15)16)7-6-10-4-3-5-11(14)8-10/h3-9,12H,1-2H3,(H,15,16). The molecule has 0 heterocycles. The van der Waals surface area contributed by atoms with Gasteiger partial charge in [0.2, 0.25) is 0 Å². The van der Waals surface area contributed by atoms with Crippen molar-refractivity contribution in [1.82, 2.24) is 0 Å². The zero-order chi connectivity index (χ0) is 12.1. The van der Waals surface area contributed by atoms with Gasteiger partial charge in [-0.2, -0.15) is 0 Å². The lowest BCUT2D eigenvalue weighted by Gasteiger charge is -2.10. The fourth-order valence-corrected chi connectivity index (χ4v) is 1.41. The number of carboxylic acid groups (broad SMARTS) is 1. The van der Waals surface area contributed by atoms with E-state index in [0.29, 0.717) is 5.56 Å². The lowest BCUT2D eigenvalue weighted by Crippen LogP contribution is -2.16. The van der Waals surface area contributed by atoms with Crippen LogP contribution in [0.5, 0.6) is 0 Å². The van der Waals surface area contributed by atoms with Gasteiger partial charge in [-0.25, -0.2) is 4.39 Å². The number of benzene rings is 1. The van der Waals surface area contributed by atoms with Crippen molar-refractivity contribution >= 4 is 12.0 Å². The summed E-state index contributed by atoms with van der Waals surface area (Å²) in [7, 11) is 0. The van der Waals surface area contributed by atoms with Crippen molar-refractivity contribution in [1.29, 1.82) is 0 Å². The van der Waals surface area contributed by atoms with Gasteiger partial charge in [-0.05, 0) is 23.6 Å². The van der Waals surface area contributed by atoms with Crippen molar-refractivity contribution in [2.45, 2.75) is 13.8 Å². The van der Waals surface area contributed by atoms with Crippen LogP contribution in [0.3, 0.4) is 0 Å². The molecule has 1 rings (SSSR count). The molecule has 0 aliphatic rings. The number of carboxylic acids is 1. The highest BCUT2D eigenvalue weighted by Crippen LogP contribution is 2.15. The quantitative estimate of drug-likeness (QED) is 0.849. The Hall–Kier alpha value is -1.64. The van der Waals surface area contributed by atoms with E-state index in [1.807, 2.05) is 13.8 Å². The van der Waals surface area contributed by atoms with Gasteiger partial charge < -0.3 is 5.11 Å². The van der Waals surface area contributed by atoms with Crippen molar-refractivity contribution in [2.24, 2.45) is 11.8 Å². The maximum absolute atomic E-state index is 12.9. The maximum Gasteiger partial charge on any atom is 0.310 e. The minimum atomic E-state index is -0.859. The molecular formula is C13H15FO2. The molecule has 0 aliphatic heterocycles. The summed E-state index contributed by atoms with van der Waals surface area (Å²) in [5, 5.41) is 8.95. The van der Waals surface area contributed by atoms with E-state index in [-0.39, 0.29) is 11.7 Å². The van der Waals surface area contributed by atoms with Gasteiger partial charge in [-0.1, -0.05) is 38.1 Å². The van der Waals surface area contributed by atoms with Gasteiger partial charge in [-0.15, -0.1) is 0 Å². The summed E-state index contributed by atoms with van der Waals surface area (Å²) in [5.74, 6) is -1.70. The van der Waals surface area contributed by atoms with Gasteiger partial charge in [0.05, 0.1) is 5.92 Å². The molecule has 1 N–H and O–H groups in total. The Balaban J connectivity index is 2.82. The molecule has 1 aromatic rings. The molecule has 16 heavy (non-hydrogen) atoms. The van der Waals surface area contributed by atoms with Crippen LogP contribution in [0.15, 0.2) is 30.3 Å². The second kappa shape index (κ2) is 5.45. The van der Waals surface area contributed by atoms with Gasteiger partial charge in [0.15, 0.2) is 0 Å². The van der Waals surface area contributed by atoms with Gasteiger partial charge >= 0.3 is 5.97 Å². The first kappa shape index (κ1) is 12.4. The molecule has 0 fully saturated rings. The van der Waals surface area contributed by atoms with E-state index in [1.54, 1.807) is 24.3 Å². The highest BCUT2D eigenvalue weighted by Gasteiger charge is 2.17. The number of halogens is 1. The number of hydrogen-bond acceptors (Lipinski definition) is 1. The first-order valence-corrected chi connectivity index (χ1v) is 5.17. The number of hydrogen-bond donors (Lipinski definition) is 1. The number of aliphatic carboxylic acids is 1. The van der Waals surface area contributed by atoms with Crippen LogP contribution in [0.1, 0.15) is 19.4 Å². The molecule has 1 unspecified atom stereocenters. The molecule has 0 radical (unpaired) electrons. The lowest BCUT2D eigenvalue weighted by molar-refractivity contribution is -0.141. The van der Waals surface area contributed by atoms with Crippen molar-refractivity contribution in [3.05, 3.63) is 41.7 Å². The van der Waals surface area contributed by atoms with E-state index < -0.39 is 11.9 Å². The van der Waals surface area contributed by atoms with Crippen LogP contribution >= 0.6 is 0 Å². The Bertz CT molecular complexity index is 397. The van der Waals surface area contributed by atoms with Gasteiger partial charge in [0, 0.05) is 0 Å². The summed E-state index contributed by atoms with van der Waals surface area (Å²) in [4.78, 5) is 10.9. The van der Waals surface area contributed by atoms with E-state index in [0.717, 1.165) is 0 Å². The number of rotatable bonds is 4. The Kier molecular flexibility index (Phi) is 4.23. The van der Waals surface area contributed by atoms with Crippen LogP contribution in [-0.2, 0) is 4.79 Å². The van der Waals surface area contributed by atoms with E-state index in [2.05, 4.69) is 0 Å². The summed E-state index contributed by atoms with van der Waals surface area (Å²) in [6, 6.07) is 6.06. The second-order valence-corrected chi connectivity index (χ2v) is 4.02. The first-order chi connectivity index (χ1) is 7.50. The third-order valence-corrected chi connectivity index (χ3v) is 2.35. The van der Waals surface area contributed by atoms with Crippen LogP contribution in [0.25, 0.3) is 6.08 Å². The van der Waals surface area contributed by atoms with Crippen molar-refractivity contribution in [3.8, 4) is 0 Å². The summed E-state index contributed by atoms with van der Waals surface area (Å²) < 4.78 is 12.9. The zero-order valence-corrected chi connectivity index (χ0v) is 9.35. The molecule has 0 aliphatic carbocycles. The fraction of sp³-hybridized carbons (Fsp3) is 0.308. The summed E-state index contributed by atoms with van der Waals surface area (Å²) in [6.45, 7) is 3.68. The van der Waals surface area contributed by atoms with Crippen LogP contribution in [0.2, 0.25) is 0 Å². The Labute approximate surface area is 94.4 Å². The Morgan fingerprint density at radius 3 is 2.62 bits per heavy atom. The van der Waals surface area contributed by atoms with Crippen LogP contribution in [0, 0.1) is 17.7 Å². The summed E-state index contributed by atoms with van der Waals surface area (Å²) >= 11 is 0. The average Bonchev–Trinajstić information content (AvgIpc) is 2.16. The normalized spacial score (nSPS) is 13.2. The van der Waals surface area contributed by atoms with Crippen LogP contribution in [0.4, 0.5) is 4.39 Å². The molecule has 0 spiro atoms. The third kappa shape index (κ3) is 3.50. The van der Waals surface area contributed by atoms with E-state index in [1.165, 1.54) is 12.1 Å². The van der Waals surface area contributed by atoms with E-state index in [4.69, 9.17) is 5.11 Å². The van der Waals surface area contributed by atoms with Crippen molar-refractivity contribution in [3.63, 3.8) is 0 Å². The molecule has 3 heteroatoms. The Morgan fingerprint density at radius 2 is 2.12 bits per heavy atom. The molecule has 2 nitrogen and oxygen atoms in total. The molecule has 86 valence electrons. The molecule has 0 saturated heterocycles. The first-order valence-electron chi connectivity index (χ1n) is 5.17. The minimum absolute atomic E-state index is 0.0160. The van der Waals surface area contributed by atoms with Crippen LogP contribution in [-0.4, -0.2) is 11.1 Å². The molecule has 0 amide bonds. The smallest absolute Gasteiger partial charge is 0.310 e. The Morgan fingerprint density at radius 1 is 1.44 bits per heavy atom. The molecular weight excluding hydrogens is 207 g/mol. The fourth-order valence-electron chi connectivity index (χ4n) is 1.41. The summed E-state index contributed by atoms with van der Waals surface area (Å²) in [5.41, 5.74) is 0.673. The summed E-state index contributed by atoms with van der Waals surface area (Å²) in [6.07, 6.45) is 3.24. The van der Waals surface area contributed by atoms with Crippen molar-refractivity contribution in [2.75, 3.05) is 0 Å². The molecule has 1 aromatic carbocycles. The minimum Gasteiger partial charge on any atom is -0.481 e. The number of carbonyl (C=O) groups is 1. The zero-order valence-electron chi connectivity index (χ0n) is 9.35. The van der Waals surface area contributed by atoms with E-state index >= 15 is 0 Å². The predicted molar refractivity (Wildman–Crippen MR) is 61.4 cm³/mol. The highest BCUT2D eigenvalue weighted by atomic mass is 19.1. The molecule has 1 atom stereocenters. The highest BCUT2D eigenvalue weighted by molar-refractivity contribution is 5.74. The van der Waals surface area contributed by atoms with Crippen molar-refractivity contribution < 1.29 is 14.3 Å².